The molecule has 0 unspecified atom stereocenters. The summed E-state index contributed by atoms with van der Waals surface area (Å²) in [6, 6.07) is 14.2. The second-order valence-electron chi connectivity index (χ2n) is 5.47. The van der Waals surface area contributed by atoms with Crippen LogP contribution in [0.2, 0.25) is 0 Å². The molecule has 0 aliphatic heterocycles. The van der Waals surface area contributed by atoms with E-state index in [2.05, 4.69) is 25.3 Å². The summed E-state index contributed by atoms with van der Waals surface area (Å²) in [6.07, 6.45) is 1.39. The summed E-state index contributed by atoms with van der Waals surface area (Å²) in [6.45, 7) is 0. The number of primary amides is 1. The van der Waals surface area contributed by atoms with Gasteiger partial charge in [0.15, 0.2) is 0 Å². The molecule has 26 heavy (non-hydrogen) atoms. The predicted molar refractivity (Wildman–Crippen MR) is 97.1 cm³/mol. The van der Waals surface area contributed by atoms with E-state index in [1.165, 1.54) is 6.33 Å². The van der Waals surface area contributed by atoms with Gasteiger partial charge >= 0.3 is 0 Å². The van der Waals surface area contributed by atoms with Gasteiger partial charge in [-0.2, -0.15) is 4.98 Å². The lowest BCUT2D eigenvalue weighted by molar-refractivity contribution is 0.100. The summed E-state index contributed by atoms with van der Waals surface area (Å²) in [4.78, 5) is 28.1. The Morgan fingerprint density at radius 2 is 1.77 bits per heavy atom. The fourth-order valence-electron chi connectivity index (χ4n) is 2.56. The quantitative estimate of drug-likeness (QED) is 0.510. The molecule has 0 atom stereocenters. The summed E-state index contributed by atoms with van der Waals surface area (Å²) in [7, 11) is 0. The molecular weight excluding hydrogens is 332 g/mol. The minimum Gasteiger partial charge on any atom is -0.369 e. The number of anilines is 3. The van der Waals surface area contributed by atoms with Gasteiger partial charge in [-0.3, -0.25) is 4.79 Å². The highest BCUT2D eigenvalue weighted by Gasteiger charge is 2.12. The topological polar surface area (TPSA) is 138 Å². The van der Waals surface area contributed by atoms with Gasteiger partial charge in [0.25, 0.3) is 0 Å². The predicted octanol–water partition coefficient (Wildman–Crippen LogP) is 1.64. The molecule has 2 aromatic carbocycles. The first-order chi connectivity index (χ1) is 12.6. The van der Waals surface area contributed by atoms with Crippen LogP contribution in [0.3, 0.4) is 0 Å². The number of carbonyl (C=O) groups excluding carboxylic acids is 1. The first-order valence-electron chi connectivity index (χ1n) is 7.71. The Labute approximate surface area is 147 Å². The van der Waals surface area contributed by atoms with Crippen LogP contribution >= 0.6 is 0 Å². The van der Waals surface area contributed by atoms with E-state index in [0.29, 0.717) is 23.1 Å². The first kappa shape index (κ1) is 15.5. The monoisotopic (exact) mass is 346 g/mol. The van der Waals surface area contributed by atoms with Gasteiger partial charge in [-0.05, 0) is 36.4 Å². The minimum atomic E-state index is -0.485. The summed E-state index contributed by atoms with van der Waals surface area (Å²) in [5.74, 6) is 0.483. The molecule has 0 aliphatic carbocycles. The zero-order valence-electron chi connectivity index (χ0n) is 13.5. The number of para-hydroxylation sites is 2. The van der Waals surface area contributed by atoms with E-state index < -0.39 is 5.91 Å². The van der Waals surface area contributed by atoms with Gasteiger partial charge in [-0.15, -0.1) is 0 Å². The molecule has 0 saturated heterocycles. The molecule has 0 fully saturated rings. The van der Waals surface area contributed by atoms with Crippen molar-refractivity contribution in [3.05, 3.63) is 60.4 Å². The highest BCUT2D eigenvalue weighted by atomic mass is 16.1. The molecule has 2 heterocycles. The number of nitrogens with zero attached hydrogens (tertiary/aromatic N) is 5. The van der Waals surface area contributed by atoms with Gasteiger partial charge in [0.05, 0.1) is 11.0 Å². The number of nitrogen functional groups attached to an aromatic ring is 1. The van der Waals surface area contributed by atoms with Crippen molar-refractivity contribution in [3.8, 4) is 5.95 Å². The van der Waals surface area contributed by atoms with E-state index >= 15 is 0 Å². The van der Waals surface area contributed by atoms with E-state index in [4.69, 9.17) is 11.5 Å². The maximum Gasteiger partial charge on any atom is 0.248 e. The second kappa shape index (κ2) is 6.13. The van der Waals surface area contributed by atoms with E-state index in [1.54, 1.807) is 28.8 Å². The third-order valence-electron chi connectivity index (χ3n) is 3.77. The average molecular weight is 346 g/mol. The maximum absolute atomic E-state index is 11.1. The number of carbonyl (C=O) groups is 1. The zero-order valence-corrected chi connectivity index (χ0v) is 13.5. The zero-order chi connectivity index (χ0) is 18.1. The number of benzene rings is 2. The normalized spacial score (nSPS) is 10.8. The highest BCUT2D eigenvalue weighted by molar-refractivity contribution is 5.93. The standard InChI is InChI=1S/C17H14N8O/c18-14(26)10-5-7-11(8-6-10)22-16-20-9-21-17(24-16)25-13-4-2-1-3-12(13)23-15(25)19/h1-9H,(H2,18,26)(H2,19,23)(H,20,21,22,24). The van der Waals surface area contributed by atoms with Gasteiger partial charge in [-0.25, -0.2) is 19.5 Å². The summed E-state index contributed by atoms with van der Waals surface area (Å²) < 4.78 is 1.65. The average Bonchev–Trinajstić information content (AvgIpc) is 2.98. The number of nitrogens with one attached hydrogen (secondary N) is 1. The number of amides is 1. The third kappa shape index (κ3) is 2.77. The Hall–Kier alpha value is -4.01. The molecule has 0 aliphatic rings. The van der Waals surface area contributed by atoms with Crippen LogP contribution in [0.25, 0.3) is 17.0 Å². The number of nitrogens with two attached hydrogens (primary N) is 2. The van der Waals surface area contributed by atoms with Gasteiger partial charge in [0.1, 0.15) is 6.33 Å². The Bertz CT molecular complexity index is 1100. The Morgan fingerprint density at radius 1 is 1.00 bits per heavy atom. The van der Waals surface area contributed by atoms with Crippen molar-refractivity contribution in [2.24, 2.45) is 5.73 Å². The smallest absolute Gasteiger partial charge is 0.248 e. The van der Waals surface area contributed by atoms with Crippen molar-refractivity contribution >= 4 is 34.5 Å². The van der Waals surface area contributed by atoms with E-state index in [-0.39, 0.29) is 5.95 Å². The van der Waals surface area contributed by atoms with Crippen molar-refractivity contribution in [2.75, 3.05) is 11.1 Å². The molecule has 9 nitrogen and oxygen atoms in total. The first-order valence-corrected chi connectivity index (χ1v) is 7.71. The molecule has 0 saturated carbocycles. The SMILES string of the molecule is NC(=O)c1ccc(Nc2ncnc(-n3c(N)nc4ccccc43)n2)cc1. The van der Waals surface area contributed by atoms with Crippen LogP contribution in [-0.4, -0.2) is 30.4 Å². The summed E-state index contributed by atoms with van der Waals surface area (Å²) >= 11 is 0. The Morgan fingerprint density at radius 3 is 2.54 bits per heavy atom. The molecule has 0 radical (unpaired) electrons. The van der Waals surface area contributed by atoms with E-state index in [1.807, 2.05) is 24.3 Å². The van der Waals surface area contributed by atoms with Crippen molar-refractivity contribution in [2.45, 2.75) is 0 Å². The van der Waals surface area contributed by atoms with Gasteiger partial charge in [-0.1, -0.05) is 12.1 Å². The van der Waals surface area contributed by atoms with Crippen LogP contribution in [-0.2, 0) is 0 Å². The van der Waals surface area contributed by atoms with Crippen molar-refractivity contribution in [3.63, 3.8) is 0 Å². The lowest BCUT2D eigenvalue weighted by atomic mass is 10.2. The number of hydrogen-bond acceptors (Lipinski definition) is 7. The van der Waals surface area contributed by atoms with Crippen molar-refractivity contribution < 1.29 is 4.79 Å². The Kier molecular flexibility index (Phi) is 3.66. The number of rotatable bonds is 4. The van der Waals surface area contributed by atoms with Crippen LogP contribution in [0, 0.1) is 0 Å². The number of fused-ring (bicyclic) bond motifs is 1. The molecule has 9 heteroatoms. The molecule has 2 aromatic heterocycles. The molecule has 128 valence electrons. The minimum absolute atomic E-state index is 0.286. The lowest BCUT2D eigenvalue weighted by Gasteiger charge is -2.08. The number of aromatic nitrogens is 5. The van der Waals surface area contributed by atoms with E-state index in [9.17, 15) is 4.79 Å². The molecule has 4 rings (SSSR count). The molecule has 5 N–H and O–H groups in total. The van der Waals surface area contributed by atoms with Crippen LogP contribution in [0.4, 0.5) is 17.6 Å². The van der Waals surface area contributed by atoms with Crippen LogP contribution in [0.15, 0.2) is 54.9 Å². The number of hydrogen-bond donors (Lipinski definition) is 3. The van der Waals surface area contributed by atoms with Gasteiger partial charge in [0, 0.05) is 11.3 Å². The van der Waals surface area contributed by atoms with Crippen molar-refractivity contribution in [1.29, 1.82) is 0 Å². The van der Waals surface area contributed by atoms with Gasteiger partial charge in [0.2, 0.25) is 23.8 Å². The van der Waals surface area contributed by atoms with Gasteiger partial charge < -0.3 is 16.8 Å². The third-order valence-corrected chi connectivity index (χ3v) is 3.77. The highest BCUT2D eigenvalue weighted by Crippen LogP contribution is 2.21. The molecule has 4 aromatic rings. The fourth-order valence-corrected chi connectivity index (χ4v) is 2.56. The summed E-state index contributed by atoms with van der Waals surface area (Å²) in [5.41, 5.74) is 13.9. The molecule has 1 amide bonds. The largest absolute Gasteiger partial charge is 0.369 e. The summed E-state index contributed by atoms with van der Waals surface area (Å²) in [5, 5.41) is 3.05. The molecular formula is C17H14N8O. The Balaban J connectivity index is 1.68. The molecule has 0 spiro atoms. The second-order valence-corrected chi connectivity index (χ2v) is 5.47. The van der Waals surface area contributed by atoms with Crippen LogP contribution in [0.5, 0.6) is 0 Å². The van der Waals surface area contributed by atoms with Crippen molar-refractivity contribution in [1.82, 2.24) is 24.5 Å². The van der Waals surface area contributed by atoms with Crippen LogP contribution in [0.1, 0.15) is 10.4 Å². The lowest BCUT2D eigenvalue weighted by Crippen LogP contribution is -2.10. The number of imidazole rings is 1. The van der Waals surface area contributed by atoms with Crippen LogP contribution < -0.4 is 16.8 Å². The maximum atomic E-state index is 11.1. The van der Waals surface area contributed by atoms with E-state index in [0.717, 1.165) is 11.0 Å². The molecule has 0 bridgehead atoms. The fraction of sp³-hybridized carbons (Fsp3) is 0.